The van der Waals surface area contributed by atoms with Crippen LogP contribution in [0.5, 0.6) is 5.75 Å². The summed E-state index contributed by atoms with van der Waals surface area (Å²) in [5, 5.41) is 7.10. The number of aromatic nitrogens is 2. The molecule has 1 atom stereocenters. The molecule has 1 N–H and O–H groups in total. The maximum atomic E-state index is 12.6. The molecule has 0 aliphatic rings. The molecule has 6 heteroatoms. The molecule has 1 unspecified atom stereocenters. The second-order valence-electron chi connectivity index (χ2n) is 6.00. The lowest BCUT2D eigenvalue weighted by molar-refractivity contribution is 0.0933. The maximum Gasteiger partial charge on any atom is 0.272 e. The standard InChI is InChI=1S/C21H21N3O3/c1-3-27-18-11-9-16(10-12-18)15(2)22-21(26)19-13-14-20(25)24(23-19)17-7-5-4-6-8-17/h4-15H,3H2,1-2H3,(H,22,26). The average molecular weight is 363 g/mol. The molecule has 0 bridgehead atoms. The Morgan fingerprint density at radius 1 is 1.07 bits per heavy atom. The van der Waals surface area contributed by atoms with Crippen molar-refractivity contribution in [2.45, 2.75) is 19.9 Å². The highest BCUT2D eigenvalue weighted by Crippen LogP contribution is 2.18. The van der Waals surface area contributed by atoms with Gasteiger partial charge in [-0.05, 0) is 49.7 Å². The zero-order valence-electron chi connectivity index (χ0n) is 15.3. The van der Waals surface area contributed by atoms with Gasteiger partial charge < -0.3 is 10.1 Å². The number of carbonyl (C=O) groups excluding carboxylic acids is 1. The van der Waals surface area contributed by atoms with Crippen LogP contribution in [-0.2, 0) is 0 Å². The zero-order valence-corrected chi connectivity index (χ0v) is 15.3. The summed E-state index contributed by atoms with van der Waals surface area (Å²) in [4.78, 5) is 24.7. The minimum absolute atomic E-state index is 0.177. The quantitative estimate of drug-likeness (QED) is 0.730. The van der Waals surface area contributed by atoms with Crippen LogP contribution in [0.1, 0.15) is 35.9 Å². The number of nitrogens with zero attached hydrogens (tertiary/aromatic N) is 2. The molecule has 0 radical (unpaired) electrons. The molecule has 6 nitrogen and oxygen atoms in total. The number of amides is 1. The van der Waals surface area contributed by atoms with Crippen LogP contribution in [0, 0.1) is 0 Å². The third kappa shape index (κ3) is 4.41. The van der Waals surface area contributed by atoms with Gasteiger partial charge in [0.2, 0.25) is 0 Å². The van der Waals surface area contributed by atoms with Crippen LogP contribution in [-0.4, -0.2) is 22.3 Å². The SMILES string of the molecule is CCOc1ccc(C(C)NC(=O)c2ccc(=O)n(-c3ccccc3)n2)cc1. The lowest BCUT2D eigenvalue weighted by atomic mass is 10.1. The van der Waals surface area contributed by atoms with Crippen molar-refractivity contribution >= 4 is 5.91 Å². The maximum absolute atomic E-state index is 12.6. The zero-order chi connectivity index (χ0) is 19.2. The van der Waals surface area contributed by atoms with E-state index in [1.807, 2.05) is 56.3 Å². The normalized spacial score (nSPS) is 11.6. The molecule has 138 valence electrons. The molecule has 1 heterocycles. The Labute approximate surface area is 157 Å². The van der Waals surface area contributed by atoms with E-state index in [9.17, 15) is 9.59 Å². The molecular formula is C21H21N3O3. The van der Waals surface area contributed by atoms with Gasteiger partial charge in [0.15, 0.2) is 0 Å². The Morgan fingerprint density at radius 3 is 2.44 bits per heavy atom. The number of benzene rings is 2. The van der Waals surface area contributed by atoms with E-state index in [0.717, 1.165) is 11.3 Å². The largest absolute Gasteiger partial charge is 0.494 e. The van der Waals surface area contributed by atoms with Crippen LogP contribution < -0.4 is 15.6 Å². The monoisotopic (exact) mass is 363 g/mol. The highest BCUT2D eigenvalue weighted by atomic mass is 16.5. The molecule has 2 aromatic carbocycles. The van der Waals surface area contributed by atoms with E-state index >= 15 is 0 Å². The van der Waals surface area contributed by atoms with Gasteiger partial charge in [0.05, 0.1) is 18.3 Å². The van der Waals surface area contributed by atoms with Crippen molar-refractivity contribution in [3.63, 3.8) is 0 Å². The number of para-hydroxylation sites is 1. The number of rotatable bonds is 6. The van der Waals surface area contributed by atoms with Crippen molar-refractivity contribution in [2.24, 2.45) is 0 Å². The van der Waals surface area contributed by atoms with Gasteiger partial charge in [-0.1, -0.05) is 30.3 Å². The summed E-state index contributed by atoms with van der Waals surface area (Å²) in [5.41, 5.74) is 1.44. The first kappa shape index (κ1) is 18.4. The molecule has 0 spiro atoms. The number of carbonyl (C=O) groups is 1. The second kappa shape index (κ2) is 8.31. The molecule has 0 saturated carbocycles. The molecule has 27 heavy (non-hydrogen) atoms. The van der Waals surface area contributed by atoms with Gasteiger partial charge in [-0.15, -0.1) is 0 Å². The van der Waals surface area contributed by atoms with Crippen molar-refractivity contribution in [3.8, 4) is 11.4 Å². The van der Waals surface area contributed by atoms with Crippen molar-refractivity contribution in [1.29, 1.82) is 0 Å². The highest BCUT2D eigenvalue weighted by molar-refractivity contribution is 5.92. The van der Waals surface area contributed by atoms with Crippen LogP contribution in [0.25, 0.3) is 5.69 Å². The number of nitrogens with one attached hydrogen (secondary N) is 1. The fraction of sp³-hybridized carbons (Fsp3) is 0.190. The van der Waals surface area contributed by atoms with Crippen LogP contribution in [0.3, 0.4) is 0 Å². The van der Waals surface area contributed by atoms with E-state index in [1.54, 1.807) is 12.1 Å². The summed E-state index contributed by atoms with van der Waals surface area (Å²) in [5.74, 6) is 0.442. The third-order valence-corrected chi connectivity index (χ3v) is 4.07. The minimum atomic E-state index is -0.346. The van der Waals surface area contributed by atoms with Crippen molar-refractivity contribution in [1.82, 2.24) is 15.1 Å². The Morgan fingerprint density at radius 2 is 1.78 bits per heavy atom. The molecule has 0 aliphatic heterocycles. The third-order valence-electron chi connectivity index (χ3n) is 4.07. The Kier molecular flexibility index (Phi) is 5.66. The van der Waals surface area contributed by atoms with Crippen LogP contribution in [0.15, 0.2) is 71.5 Å². The highest BCUT2D eigenvalue weighted by Gasteiger charge is 2.14. The Bertz CT molecular complexity index is 966. The number of ether oxygens (including phenoxy) is 1. The van der Waals surface area contributed by atoms with Crippen molar-refractivity contribution in [3.05, 3.63) is 88.3 Å². The predicted molar refractivity (Wildman–Crippen MR) is 103 cm³/mol. The summed E-state index contributed by atoms with van der Waals surface area (Å²) >= 11 is 0. The van der Waals surface area contributed by atoms with E-state index in [1.165, 1.54) is 16.8 Å². The molecule has 3 rings (SSSR count). The van der Waals surface area contributed by atoms with Gasteiger partial charge in [-0.25, -0.2) is 0 Å². The van der Waals surface area contributed by atoms with Gasteiger partial charge in [-0.3, -0.25) is 9.59 Å². The lowest BCUT2D eigenvalue weighted by Crippen LogP contribution is -2.30. The summed E-state index contributed by atoms with van der Waals surface area (Å²) in [6.45, 7) is 4.42. The molecule has 1 amide bonds. The first-order chi connectivity index (χ1) is 13.1. The topological polar surface area (TPSA) is 73.2 Å². The summed E-state index contributed by atoms with van der Waals surface area (Å²) in [7, 11) is 0. The summed E-state index contributed by atoms with van der Waals surface area (Å²) in [6, 6.07) is 19.1. The fourth-order valence-corrected chi connectivity index (χ4v) is 2.66. The van der Waals surface area contributed by atoms with E-state index in [-0.39, 0.29) is 23.2 Å². The van der Waals surface area contributed by atoms with Crippen molar-refractivity contribution in [2.75, 3.05) is 6.61 Å². The average Bonchev–Trinajstić information content (AvgIpc) is 2.69. The lowest BCUT2D eigenvalue weighted by Gasteiger charge is -2.15. The first-order valence-electron chi connectivity index (χ1n) is 8.78. The van der Waals surface area contributed by atoms with Crippen molar-refractivity contribution < 1.29 is 9.53 Å². The fourth-order valence-electron chi connectivity index (χ4n) is 2.66. The van der Waals surface area contributed by atoms with Gasteiger partial charge in [0.25, 0.3) is 11.5 Å². The minimum Gasteiger partial charge on any atom is -0.494 e. The molecule has 0 saturated heterocycles. The molecule has 0 fully saturated rings. The van der Waals surface area contributed by atoms with Crippen LogP contribution >= 0.6 is 0 Å². The van der Waals surface area contributed by atoms with E-state index in [0.29, 0.717) is 12.3 Å². The molecule has 1 aromatic heterocycles. The van der Waals surface area contributed by atoms with E-state index in [2.05, 4.69) is 10.4 Å². The van der Waals surface area contributed by atoms with Gasteiger partial charge in [0, 0.05) is 6.07 Å². The molecular weight excluding hydrogens is 342 g/mol. The molecule has 0 aliphatic carbocycles. The second-order valence-corrected chi connectivity index (χ2v) is 6.00. The van der Waals surface area contributed by atoms with Crippen LogP contribution in [0.4, 0.5) is 0 Å². The van der Waals surface area contributed by atoms with Gasteiger partial charge in [-0.2, -0.15) is 9.78 Å². The summed E-state index contributed by atoms with van der Waals surface area (Å²) in [6.07, 6.45) is 0. The number of hydrogen-bond donors (Lipinski definition) is 1. The number of hydrogen-bond acceptors (Lipinski definition) is 4. The van der Waals surface area contributed by atoms with Gasteiger partial charge in [0.1, 0.15) is 11.4 Å². The Balaban J connectivity index is 1.77. The molecule has 3 aromatic rings. The first-order valence-corrected chi connectivity index (χ1v) is 8.78. The predicted octanol–water partition coefficient (Wildman–Crippen LogP) is 3.12. The van der Waals surface area contributed by atoms with Crippen LogP contribution in [0.2, 0.25) is 0 Å². The van der Waals surface area contributed by atoms with E-state index in [4.69, 9.17) is 4.74 Å². The van der Waals surface area contributed by atoms with E-state index < -0.39 is 0 Å². The summed E-state index contributed by atoms with van der Waals surface area (Å²) < 4.78 is 6.65. The smallest absolute Gasteiger partial charge is 0.272 e. The van der Waals surface area contributed by atoms with Gasteiger partial charge >= 0.3 is 0 Å². The Hall–Kier alpha value is -3.41.